The third kappa shape index (κ3) is 4.56. The van der Waals surface area contributed by atoms with Crippen molar-refractivity contribution in [1.29, 1.82) is 0 Å². The van der Waals surface area contributed by atoms with Crippen LogP contribution in [0.3, 0.4) is 0 Å². The van der Waals surface area contributed by atoms with Gasteiger partial charge in [0.15, 0.2) is 0 Å². The summed E-state index contributed by atoms with van der Waals surface area (Å²) in [6.45, 7) is 6.38. The minimum atomic E-state index is -3.54. The summed E-state index contributed by atoms with van der Waals surface area (Å²) in [5.41, 5.74) is 3.76. The van der Waals surface area contributed by atoms with E-state index in [0.717, 1.165) is 13.0 Å². The molecular formula is C27H31N3O3S2. The number of benzene rings is 2. The highest BCUT2D eigenvalue weighted by molar-refractivity contribution is 7.89. The monoisotopic (exact) mass is 509 g/mol. The summed E-state index contributed by atoms with van der Waals surface area (Å²) in [4.78, 5) is 19.5. The number of aryl methyl sites for hydroxylation is 1. The first kappa shape index (κ1) is 24.2. The van der Waals surface area contributed by atoms with Crippen molar-refractivity contribution >= 4 is 27.3 Å². The summed E-state index contributed by atoms with van der Waals surface area (Å²) in [5.74, 6) is 0.0685. The quantitative estimate of drug-likeness (QED) is 0.523. The third-order valence-corrected chi connectivity index (χ3v) is 10.2. The fraction of sp³-hybridized carbons (Fsp3) is 0.370. The summed E-state index contributed by atoms with van der Waals surface area (Å²) < 4.78 is 27.5. The molecule has 2 aliphatic heterocycles. The van der Waals surface area contributed by atoms with Gasteiger partial charge in [0.05, 0.1) is 17.0 Å². The Morgan fingerprint density at radius 1 is 0.914 bits per heavy atom. The fourth-order valence-corrected chi connectivity index (χ4v) is 7.64. The van der Waals surface area contributed by atoms with E-state index in [1.54, 1.807) is 41.7 Å². The maximum absolute atomic E-state index is 13.7. The summed E-state index contributed by atoms with van der Waals surface area (Å²) in [6.07, 6.45) is 0.941. The molecule has 0 bridgehead atoms. The number of carbonyl (C=O) groups excluding carboxylic acids is 1. The second-order valence-electron chi connectivity index (χ2n) is 9.26. The van der Waals surface area contributed by atoms with Gasteiger partial charge in [-0.1, -0.05) is 42.5 Å². The smallest absolute Gasteiger partial charge is 0.243 e. The zero-order valence-corrected chi connectivity index (χ0v) is 21.8. The van der Waals surface area contributed by atoms with Crippen LogP contribution in [0, 0.1) is 6.92 Å². The number of carbonyl (C=O) groups is 1. The Morgan fingerprint density at radius 3 is 2.31 bits per heavy atom. The zero-order chi connectivity index (χ0) is 24.6. The third-order valence-electron chi connectivity index (χ3n) is 7.27. The number of fused-ring (bicyclic) bond motifs is 1. The van der Waals surface area contributed by atoms with Gasteiger partial charge in [-0.15, -0.1) is 11.3 Å². The van der Waals surface area contributed by atoms with Crippen LogP contribution in [0.15, 0.2) is 70.9 Å². The number of amides is 1. The molecule has 0 spiro atoms. The average Bonchev–Trinajstić information content (AvgIpc) is 3.37. The lowest BCUT2D eigenvalue weighted by atomic mass is 9.89. The molecule has 2 atom stereocenters. The summed E-state index contributed by atoms with van der Waals surface area (Å²) in [7, 11) is -3.54. The van der Waals surface area contributed by atoms with Crippen molar-refractivity contribution in [2.24, 2.45) is 0 Å². The number of piperazine rings is 1. The van der Waals surface area contributed by atoms with Crippen molar-refractivity contribution < 1.29 is 13.2 Å². The average molecular weight is 510 g/mol. The topological polar surface area (TPSA) is 60.9 Å². The van der Waals surface area contributed by atoms with Crippen LogP contribution >= 0.6 is 11.3 Å². The second kappa shape index (κ2) is 9.85. The van der Waals surface area contributed by atoms with Gasteiger partial charge in [0.1, 0.15) is 0 Å². The first-order valence-corrected chi connectivity index (χ1v) is 14.4. The highest BCUT2D eigenvalue weighted by atomic mass is 32.2. The highest BCUT2D eigenvalue weighted by Gasteiger charge is 2.38. The Morgan fingerprint density at radius 2 is 1.60 bits per heavy atom. The molecule has 1 fully saturated rings. The van der Waals surface area contributed by atoms with Gasteiger partial charge in [-0.2, -0.15) is 4.31 Å². The molecule has 3 aromatic rings. The maximum atomic E-state index is 13.7. The van der Waals surface area contributed by atoms with E-state index in [9.17, 15) is 13.2 Å². The fourth-order valence-electron chi connectivity index (χ4n) is 5.29. The molecule has 8 heteroatoms. The highest BCUT2D eigenvalue weighted by Crippen LogP contribution is 2.40. The van der Waals surface area contributed by atoms with Gasteiger partial charge in [-0.3, -0.25) is 9.69 Å². The Kier molecular flexibility index (Phi) is 6.81. The van der Waals surface area contributed by atoms with Crippen LogP contribution < -0.4 is 0 Å². The molecule has 2 aliphatic rings. The molecule has 1 aromatic heterocycles. The number of nitrogens with zero attached hydrogens (tertiary/aromatic N) is 3. The van der Waals surface area contributed by atoms with Gasteiger partial charge < -0.3 is 4.90 Å². The normalized spacial score (nSPS) is 20.4. The van der Waals surface area contributed by atoms with Crippen molar-refractivity contribution in [2.75, 3.05) is 32.7 Å². The van der Waals surface area contributed by atoms with Gasteiger partial charge in [0.2, 0.25) is 15.9 Å². The van der Waals surface area contributed by atoms with Gasteiger partial charge in [0, 0.05) is 37.6 Å². The first-order valence-electron chi connectivity index (χ1n) is 12.1. The number of rotatable bonds is 5. The summed E-state index contributed by atoms with van der Waals surface area (Å²) >= 11 is 1.80. The predicted octanol–water partition coefficient (Wildman–Crippen LogP) is 3.93. The van der Waals surface area contributed by atoms with Gasteiger partial charge in [0.25, 0.3) is 0 Å². The van der Waals surface area contributed by atoms with Crippen molar-refractivity contribution in [1.82, 2.24) is 14.1 Å². The number of hydrogen-bond donors (Lipinski definition) is 0. The molecule has 1 amide bonds. The maximum Gasteiger partial charge on any atom is 0.243 e. The van der Waals surface area contributed by atoms with E-state index in [-0.39, 0.29) is 18.0 Å². The molecule has 184 valence electrons. The van der Waals surface area contributed by atoms with Crippen molar-refractivity contribution in [3.05, 3.63) is 87.6 Å². The molecule has 0 aliphatic carbocycles. The van der Waals surface area contributed by atoms with Crippen LogP contribution in [0.1, 0.15) is 34.5 Å². The molecule has 35 heavy (non-hydrogen) atoms. The molecule has 0 N–H and O–H groups in total. The number of thiophene rings is 1. The number of hydrogen-bond acceptors (Lipinski definition) is 5. The minimum absolute atomic E-state index is 0.0462. The Labute approximate surface area is 211 Å². The van der Waals surface area contributed by atoms with E-state index < -0.39 is 10.0 Å². The molecule has 3 heterocycles. The van der Waals surface area contributed by atoms with E-state index in [1.165, 1.54) is 25.9 Å². The van der Waals surface area contributed by atoms with Crippen LogP contribution in [0.4, 0.5) is 0 Å². The number of sulfonamides is 1. The van der Waals surface area contributed by atoms with E-state index in [1.807, 2.05) is 11.8 Å². The van der Waals surface area contributed by atoms with Gasteiger partial charge in [-0.25, -0.2) is 8.42 Å². The van der Waals surface area contributed by atoms with E-state index in [4.69, 9.17) is 0 Å². The van der Waals surface area contributed by atoms with Crippen molar-refractivity contribution in [3.63, 3.8) is 0 Å². The molecule has 5 rings (SSSR count). The SMILES string of the molecule is Cc1ccccc1[C@H]1c2ccsc2CCN1[C@@H](C)C(=O)N1CCN(S(=O)(=O)c2ccccc2)CC1. The molecule has 1 saturated heterocycles. The van der Waals surface area contributed by atoms with Gasteiger partial charge >= 0.3 is 0 Å². The molecule has 6 nitrogen and oxygen atoms in total. The van der Waals surface area contributed by atoms with Gasteiger partial charge in [-0.05, 0) is 60.5 Å². The van der Waals surface area contributed by atoms with Crippen LogP contribution in [0.2, 0.25) is 0 Å². The second-order valence-corrected chi connectivity index (χ2v) is 12.2. The van der Waals surface area contributed by atoms with E-state index in [2.05, 4.69) is 47.5 Å². The zero-order valence-electron chi connectivity index (χ0n) is 20.1. The lowest BCUT2D eigenvalue weighted by molar-refractivity contribution is -0.138. The Balaban J connectivity index is 1.33. The van der Waals surface area contributed by atoms with Crippen molar-refractivity contribution in [3.8, 4) is 0 Å². The lowest BCUT2D eigenvalue weighted by Crippen LogP contribution is -2.56. The molecule has 0 unspecified atom stereocenters. The van der Waals surface area contributed by atoms with E-state index in [0.29, 0.717) is 31.1 Å². The first-order chi connectivity index (χ1) is 16.9. The minimum Gasteiger partial charge on any atom is -0.339 e. The summed E-state index contributed by atoms with van der Waals surface area (Å²) in [6, 6.07) is 18.9. The van der Waals surface area contributed by atoms with Crippen molar-refractivity contribution in [2.45, 2.75) is 37.2 Å². The van der Waals surface area contributed by atoms with Crippen LogP contribution in [-0.2, 0) is 21.2 Å². The molecule has 2 aromatic carbocycles. The summed E-state index contributed by atoms with van der Waals surface area (Å²) in [5, 5.41) is 2.15. The standard InChI is InChI=1S/C27H31N3O3S2/c1-20-8-6-7-11-23(20)26-24-13-19-34-25(24)12-14-30(26)21(2)27(31)28-15-17-29(18-16-28)35(32,33)22-9-4-3-5-10-22/h3-11,13,19,21,26H,12,14-18H2,1-2H3/t21-,26-/m0/s1. The largest absolute Gasteiger partial charge is 0.339 e. The molecule has 0 radical (unpaired) electrons. The Hall–Kier alpha value is -2.52. The lowest BCUT2D eigenvalue weighted by Gasteiger charge is -2.42. The van der Waals surface area contributed by atoms with E-state index >= 15 is 0 Å². The van der Waals surface area contributed by atoms with Crippen LogP contribution in [0.5, 0.6) is 0 Å². The Bertz CT molecular complexity index is 1300. The predicted molar refractivity (Wildman–Crippen MR) is 139 cm³/mol. The van der Waals surface area contributed by atoms with Crippen LogP contribution in [-0.4, -0.2) is 67.2 Å². The van der Waals surface area contributed by atoms with Crippen LogP contribution in [0.25, 0.3) is 0 Å². The molecular weight excluding hydrogens is 478 g/mol. The molecule has 0 saturated carbocycles.